The number of Topliss-reactive ketones (excluding diaryl/α,β-unsaturated/α-hetero) is 1. The van der Waals surface area contributed by atoms with E-state index >= 15 is 0 Å². The van der Waals surface area contributed by atoms with Crippen molar-refractivity contribution in [1.82, 2.24) is 0 Å². The number of aliphatic hydroxyl groups is 1. The number of hydrogen-bond donors (Lipinski definition) is 1. The summed E-state index contributed by atoms with van der Waals surface area (Å²) in [7, 11) is 0. The van der Waals surface area contributed by atoms with Crippen LogP contribution in [0.15, 0.2) is 72.3 Å². The monoisotopic (exact) mass is 473 g/mol. The molecule has 3 aromatic rings. The third-order valence-corrected chi connectivity index (χ3v) is 6.22. The molecule has 3 aromatic carbocycles. The molecule has 0 aliphatic carbocycles. The fourth-order valence-electron chi connectivity index (χ4n) is 4.29. The Morgan fingerprint density at radius 3 is 2.26 bits per heavy atom. The summed E-state index contributed by atoms with van der Waals surface area (Å²) in [6.07, 6.45) is 0. The lowest BCUT2D eigenvalue weighted by molar-refractivity contribution is -0.132. The number of nitrogens with zero attached hydrogens (tertiary/aromatic N) is 1. The van der Waals surface area contributed by atoms with Crippen LogP contribution in [0.2, 0.25) is 0 Å². The number of aliphatic hydroxyl groups excluding tert-OH is 1. The number of hydrogen-bond acceptors (Lipinski definition) is 4. The van der Waals surface area contributed by atoms with Gasteiger partial charge >= 0.3 is 0 Å². The van der Waals surface area contributed by atoms with Crippen LogP contribution in [0.1, 0.15) is 55.0 Å². The Morgan fingerprint density at radius 2 is 1.69 bits per heavy atom. The van der Waals surface area contributed by atoms with Gasteiger partial charge in [0, 0.05) is 11.3 Å². The van der Waals surface area contributed by atoms with Crippen molar-refractivity contribution in [2.24, 2.45) is 0 Å². The van der Waals surface area contributed by atoms with E-state index in [0.29, 0.717) is 35.1 Å². The average Bonchev–Trinajstić information content (AvgIpc) is 3.11. The van der Waals surface area contributed by atoms with Gasteiger partial charge in [0.15, 0.2) is 0 Å². The number of halogens is 1. The second-order valence-electron chi connectivity index (χ2n) is 8.88. The highest BCUT2D eigenvalue weighted by Crippen LogP contribution is 2.42. The van der Waals surface area contributed by atoms with Crippen molar-refractivity contribution in [2.45, 2.75) is 39.7 Å². The lowest BCUT2D eigenvalue weighted by Gasteiger charge is -2.26. The summed E-state index contributed by atoms with van der Waals surface area (Å²) in [4.78, 5) is 28.0. The molecule has 5 nitrogen and oxygen atoms in total. The number of anilines is 1. The third kappa shape index (κ3) is 4.56. The molecule has 1 fully saturated rings. The molecule has 4 rings (SSSR count). The lowest BCUT2D eigenvalue weighted by atomic mass is 9.93. The molecule has 1 saturated heterocycles. The first kappa shape index (κ1) is 24.2. The van der Waals surface area contributed by atoms with Gasteiger partial charge in [-0.25, -0.2) is 4.39 Å². The molecule has 0 aromatic heterocycles. The zero-order valence-electron chi connectivity index (χ0n) is 20.2. The van der Waals surface area contributed by atoms with Crippen LogP contribution >= 0.6 is 0 Å². The Hall–Kier alpha value is -3.93. The minimum absolute atomic E-state index is 0.0350. The molecule has 1 atom stereocenters. The van der Waals surface area contributed by atoms with Gasteiger partial charge < -0.3 is 9.84 Å². The van der Waals surface area contributed by atoms with Gasteiger partial charge in [-0.15, -0.1) is 0 Å². The SMILES string of the molecule is CCOc1ccc(N2C(=O)C(=O)/C(=C(\O)c3ccc(F)c(C)c3)C2c2ccc(C(C)C)cc2)cc1. The van der Waals surface area contributed by atoms with E-state index in [1.165, 1.54) is 23.1 Å². The molecule has 180 valence electrons. The average molecular weight is 474 g/mol. The number of benzene rings is 3. The Kier molecular flexibility index (Phi) is 6.74. The number of ether oxygens (including phenoxy) is 1. The molecule has 1 heterocycles. The predicted molar refractivity (Wildman–Crippen MR) is 134 cm³/mol. The van der Waals surface area contributed by atoms with Crippen LogP contribution < -0.4 is 9.64 Å². The number of ketones is 1. The summed E-state index contributed by atoms with van der Waals surface area (Å²) in [5, 5.41) is 11.2. The van der Waals surface area contributed by atoms with E-state index in [9.17, 15) is 19.1 Å². The molecular weight excluding hydrogens is 445 g/mol. The molecule has 1 N–H and O–H groups in total. The fourth-order valence-corrected chi connectivity index (χ4v) is 4.29. The van der Waals surface area contributed by atoms with E-state index in [0.717, 1.165) is 5.56 Å². The lowest BCUT2D eigenvalue weighted by Crippen LogP contribution is -2.29. The van der Waals surface area contributed by atoms with Crippen LogP contribution in [0.25, 0.3) is 5.76 Å². The normalized spacial score (nSPS) is 17.3. The number of amides is 1. The van der Waals surface area contributed by atoms with Gasteiger partial charge in [-0.3, -0.25) is 14.5 Å². The molecule has 1 aliphatic heterocycles. The van der Waals surface area contributed by atoms with Crippen molar-refractivity contribution >= 4 is 23.1 Å². The Balaban J connectivity index is 1.89. The van der Waals surface area contributed by atoms with Crippen LogP contribution in [-0.2, 0) is 9.59 Å². The first-order valence-corrected chi connectivity index (χ1v) is 11.6. The van der Waals surface area contributed by atoms with Crippen molar-refractivity contribution < 1.29 is 23.8 Å². The number of carbonyl (C=O) groups excluding carboxylic acids is 2. The quantitative estimate of drug-likeness (QED) is 0.260. The van der Waals surface area contributed by atoms with Crippen molar-refractivity contribution in [3.05, 3.63) is 100 Å². The highest BCUT2D eigenvalue weighted by Gasteiger charge is 2.47. The largest absolute Gasteiger partial charge is 0.507 e. The van der Waals surface area contributed by atoms with E-state index in [-0.39, 0.29) is 16.9 Å². The molecule has 1 unspecified atom stereocenters. The summed E-state index contributed by atoms with van der Waals surface area (Å²) in [6, 6.07) is 17.8. The van der Waals surface area contributed by atoms with Crippen LogP contribution in [0, 0.1) is 12.7 Å². The zero-order valence-corrected chi connectivity index (χ0v) is 20.2. The van der Waals surface area contributed by atoms with E-state index in [2.05, 4.69) is 13.8 Å². The number of carbonyl (C=O) groups is 2. The molecule has 1 amide bonds. The van der Waals surface area contributed by atoms with Crippen LogP contribution in [0.3, 0.4) is 0 Å². The van der Waals surface area contributed by atoms with E-state index in [4.69, 9.17) is 4.74 Å². The minimum atomic E-state index is -0.848. The highest BCUT2D eigenvalue weighted by molar-refractivity contribution is 6.51. The predicted octanol–water partition coefficient (Wildman–Crippen LogP) is 6.28. The van der Waals surface area contributed by atoms with Crippen LogP contribution in [0.4, 0.5) is 10.1 Å². The fraction of sp³-hybridized carbons (Fsp3) is 0.241. The van der Waals surface area contributed by atoms with Gasteiger partial charge in [0.1, 0.15) is 17.3 Å². The zero-order chi connectivity index (χ0) is 25.3. The van der Waals surface area contributed by atoms with E-state index < -0.39 is 23.5 Å². The second-order valence-corrected chi connectivity index (χ2v) is 8.88. The maximum atomic E-state index is 13.9. The molecule has 0 saturated carbocycles. The molecule has 35 heavy (non-hydrogen) atoms. The first-order valence-electron chi connectivity index (χ1n) is 11.6. The molecule has 0 radical (unpaired) electrons. The molecule has 6 heteroatoms. The maximum absolute atomic E-state index is 13.9. The van der Waals surface area contributed by atoms with Gasteiger partial charge in [0.2, 0.25) is 0 Å². The Bertz CT molecular complexity index is 1290. The smallest absolute Gasteiger partial charge is 0.300 e. The molecular formula is C29H28FNO4. The standard InChI is InChI=1S/C29H28FNO4/c1-5-35-23-13-11-22(12-14-23)31-26(20-8-6-19(7-9-20)17(2)3)25(28(33)29(31)34)27(32)21-10-15-24(30)18(4)16-21/h6-17,26,32H,5H2,1-4H3/b27-25-. The van der Waals surface area contributed by atoms with Crippen molar-refractivity contribution in [3.63, 3.8) is 0 Å². The highest BCUT2D eigenvalue weighted by atomic mass is 19.1. The first-order chi connectivity index (χ1) is 16.7. The van der Waals surface area contributed by atoms with Crippen LogP contribution in [-0.4, -0.2) is 23.4 Å². The molecule has 0 bridgehead atoms. The minimum Gasteiger partial charge on any atom is -0.507 e. The summed E-state index contributed by atoms with van der Waals surface area (Å²) < 4.78 is 19.4. The summed E-state index contributed by atoms with van der Waals surface area (Å²) in [6.45, 7) is 8.12. The summed E-state index contributed by atoms with van der Waals surface area (Å²) in [5.74, 6) is -1.34. The molecule has 0 spiro atoms. The topological polar surface area (TPSA) is 66.8 Å². The summed E-state index contributed by atoms with van der Waals surface area (Å²) >= 11 is 0. The van der Waals surface area contributed by atoms with E-state index in [1.54, 1.807) is 31.2 Å². The number of rotatable bonds is 6. The van der Waals surface area contributed by atoms with Gasteiger partial charge in [0.25, 0.3) is 11.7 Å². The van der Waals surface area contributed by atoms with Gasteiger partial charge in [-0.2, -0.15) is 0 Å². The van der Waals surface area contributed by atoms with Crippen molar-refractivity contribution in [2.75, 3.05) is 11.5 Å². The Labute approximate surface area is 204 Å². The molecule has 1 aliphatic rings. The second kappa shape index (κ2) is 9.74. The van der Waals surface area contributed by atoms with Crippen molar-refractivity contribution in [3.8, 4) is 5.75 Å². The maximum Gasteiger partial charge on any atom is 0.300 e. The third-order valence-electron chi connectivity index (χ3n) is 6.22. The van der Waals surface area contributed by atoms with E-state index in [1.807, 2.05) is 31.2 Å². The van der Waals surface area contributed by atoms with Crippen LogP contribution in [0.5, 0.6) is 5.75 Å². The summed E-state index contributed by atoms with van der Waals surface area (Å²) in [5.41, 5.74) is 2.86. The van der Waals surface area contributed by atoms with Gasteiger partial charge in [0.05, 0.1) is 18.2 Å². The van der Waals surface area contributed by atoms with Gasteiger partial charge in [-0.05, 0) is 78.9 Å². The number of aryl methyl sites for hydroxylation is 1. The Morgan fingerprint density at radius 1 is 1.03 bits per heavy atom. The van der Waals surface area contributed by atoms with Gasteiger partial charge in [-0.1, -0.05) is 38.1 Å². The van der Waals surface area contributed by atoms with Crippen molar-refractivity contribution in [1.29, 1.82) is 0 Å².